The van der Waals surface area contributed by atoms with Crippen LogP contribution in [0.5, 0.6) is 17.2 Å². The molecule has 0 aromatic heterocycles. The summed E-state index contributed by atoms with van der Waals surface area (Å²) in [5.74, 6) is -0.433. The van der Waals surface area contributed by atoms with Gasteiger partial charge in [0.2, 0.25) is 18.4 Å². The molecule has 0 aliphatic carbocycles. The SMILES string of the molecule is C/C=C/C(C)(C)C[C@H]1[C@H](C(=O)O)[C@@H](c2cc(OC)c3c(c2)OCO3)CN1CC(=O)N(CCCC)CCCO. The van der Waals surface area contributed by atoms with Crippen LogP contribution in [-0.2, 0) is 9.59 Å². The second-order valence-corrected chi connectivity index (χ2v) is 10.9. The Bertz CT molecular complexity index is 985. The second kappa shape index (κ2) is 13.3. The number of rotatable bonds is 14. The number of likely N-dealkylation sites (tertiary alicyclic amines) is 1. The van der Waals surface area contributed by atoms with Gasteiger partial charge in [0.25, 0.3) is 0 Å². The van der Waals surface area contributed by atoms with Gasteiger partial charge in [-0.2, -0.15) is 0 Å². The number of fused-ring (bicyclic) bond motifs is 1. The normalized spacial score (nSPS) is 21.3. The summed E-state index contributed by atoms with van der Waals surface area (Å²) in [6, 6.07) is 3.33. The minimum atomic E-state index is -0.883. The Morgan fingerprint density at radius 2 is 1.97 bits per heavy atom. The van der Waals surface area contributed by atoms with E-state index in [1.807, 2.05) is 30.0 Å². The number of amides is 1. The lowest BCUT2D eigenvalue weighted by Gasteiger charge is -2.34. The number of carboxylic acids is 1. The summed E-state index contributed by atoms with van der Waals surface area (Å²) in [5, 5.41) is 19.8. The van der Waals surface area contributed by atoms with E-state index in [1.54, 1.807) is 12.0 Å². The second-order valence-electron chi connectivity index (χ2n) is 10.9. The van der Waals surface area contributed by atoms with Crippen LogP contribution in [0, 0.1) is 11.3 Å². The number of benzene rings is 1. The van der Waals surface area contributed by atoms with E-state index < -0.39 is 11.9 Å². The van der Waals surface area contributed by atoms with Crippen molar-refractivity contribution in [2.75, 3.05) is 46.7 Å². The third-order valence-electron chi connectivity index (χ3n) is 7.55. The minimum absolute atomic E-state index is 0.0227. The molecule has 1 amide bonds. The van der Waals surface area contributed by atoms with Crippen molar-refractivity contribution >= 4 is 11.9 Å². The van der Waals surface area contributed by atoms with Crippen LogP contribution in [0.3, 0.4) is 0 Å². The Morgan fingerprint density at radius 1 is 1.24 bits per heavy atom. The highest BCUT2D eigenvalue weighted by molar-refractivity contribution is 5.79. The summed E-state index contributed by atoms with van der Waals surface area (Å²) >= 11 is 0. The summed E-state index contributed by atoms with van der Waals surface area (Å²) in [5.41, 5.74) is 0.541. The lowest BCUT2D eigenvalue weighted by atomic mass is 9.77. The van der Waals surface area contributed by atoms with Crippen molar-refractivity contribution < 1.29 is 34.0 Å². The van der Waals surface area contributed by atoms with Gasteiger partial charge in [-0.3, -0.25) is 14.5 Å². The third-order valence-corrected chi connectivity index (χ3v) is 7.55. The molecule has 2 N–H and O–H groups in total. The van der Waals surface area contributed by atoms with Crippen LogP contribution in [0.2, 0.25) is 0 Å². The molecule has 2 heterocycles. The van der Waals surface area contributed by atoms with Crippen LogP contribution in [-0.4, -0.2) is 84.6 Å². The predicted molar refractivity (Wildman–Crippen MR) is 145 cm³/mol. The summed E-state index contributed by atoms with van der Waals surface area (Å²) in [4.78, 5) is 30.2. The predicted octanol–water partition coefficient (Wildman–Crippen LogP) is 3.90. The Labute approximate surface area is 226 Å². The van der Waals surface area contributed by atoms with E-state index in [4.69, 9.17) is 14.2 Å². The Hall–Kier alpha value is -2.78. The van der Waals surface area contributed by atoms with Gasteiger partial charge in [-0.15, -0.1) is 0 Å². The van der Waals surface area contributed by atoms with Crippen molar-refractivity contribution in [3.05, 3.63) is 29.8 Å². The fourth-order valence-corrected chi connectivity index (χ4v) is 5.75. The highest BCUT2D eigenvalue weighted by atomic mass is 16.7. The number of carbonyl (C=O) groups is 2. The lowest BCUT2D eigenvalue weighted by molar-refractivity contribution is -0.144. The number of carbonyl (C=O) groups excluding carboxylic acids is 1. The van der Waals surface area contributed by atoms with E-state index in [0.29, 0.717) is 49.7 Å². The van der Waals surface area contributed by atoms with Crippen LogP contribution >= 0.6 is 0 Å². The first kappa shape index (κ1) is 29.8. The molecule has 2 aliphatic heterocycles. The van der Waals surface area contributed by atoms with Crippen molar-refractivity contribution in [3.8, 4) is 17.2 Å². The van der Waals surface area contributed by atoms with Crippen LogP contribution in [0.4, 0.5) is 0 Å². The van der Waals surface area contributed by atoms with Gasteiger partial charge in [-0.25, -0.2) is 0 Å². The van der Waals surface area contributed by atoms with Gasteiger partial charge in [0.05, 0.1) is 19.6 Å². The summed E-state index contributed by atoms with van der Waals surface area (Å²) in [6.45, 7) is 10.0. The number of aliphatic carboxylic acids is 1. The Balaban J connectivity index is 1.97. The number of aliphatic hydroxyl groups excluding tert-OH is 1. The molecule has 38 heavy (non-hydrogen) atoms. The van der Waals surface area contributed by atoms with Crippen LogP contribution in [0.25, 0.3) is 0 Å². The summed E-state index contributed by atoms with van der Waals surface area (Å²) in [7, 11) is 1.55. The number of carboxylic acid groups (broad SMARTS) is 1. The molecule has 0 radical (unpaired) electrons. The van der Waals surface area contributed by atoms with Crippen molar-refractivity contribution in [1.29, 1.82) is 0 Å². The molecule has 9 nitrogen and oxygen atoms in total. The number of unbranched alkanes of at least 4 members (excludes halogenated alkanes) is 1. The van der Waals surface area contributed by atoms with Gasteiger partial charge < -0.3 is 29.3 Å². The van der Waals surface area contributed by atoms with Crippen LogP contribution in [0.1, 0.15) is 64.9 Å². The van der Waals surface area contributed by atoms with Gasteiger partial charge in [-0.1, -0.05) is 39.3 Å². The zero-order chi connectivity index (χ0) is 27.9. The monoisotopic (exact) mass is 532 g/mol. The Morgan fingerprint density at radius 3 is 2.61 bits per heavy atom. The molecular formula is C29H44N2O7. The third kappa shape index (κ3) is 6.99. The topological polar surface area (TPSA) is 109 Å². The lowest BCUT2D eigenvalue weighted by Crippen LogP contribution is -2.46. The van der Waals surface area contributed by atoms with E-state index in [0.717, 1.165) is 18.4 Å². The minimum Gasteiger partial charge on any atom is -0.493 e. The van der Waals surface area contributed by atoms with Crippen LogP contribution in [0.15, 0.2) is 24.3 Å². The van der Waals surface area contributed by atoms with Gasteiger partial charge in [0.1, 0.15) is 0 Å². The molecule has 0 bridgehead atoms. The number of hydrogen-bond acceptors (Lipinski definition) is 7. The smallest absolute Gasteiger partial charge is 0.308 e. The maximum absolute atomic E-state index is 13.5. The van der Waals surface area contributed by atoms with Gasteiger partial charge in [0, 0.05) is 38.2 Å². The molecule has 1 aromatic rings. The number of allylic oxidation sites excluding steroid dienone is 2. The van der Waals surface area contributed by atoms with E-state index in [9.17, 15) is 19.8 Å². The number of methoxy groups -OCH3 is 1. The molecule has 1 fully saturated rings. The van der Waals surface area contributed by atoms with E-state index in [-0.39, 0.29) is 43.2 Å². The van der Waals surface area contributed by atoms with Crippen molar-refractivity contribution in [1.82, 2.24) is 9.80 Å². The molecule has 3 atom stereocenters. The first-order valence-corrected chi connectivity index (χ1v) is 13.6. The van der Waals surface area contributed by atoms with Crippen LogP contribution < -0.4 is 14.2 Å². The van der Waals surface area contributed by atoms with Crippen molar-refractivity contribution in [2.24, 2.45) is 11.3 Å². The quantitative estimate of drug-likeness (QED) is 0.348. The Kier molecular flexibility index (Phi) is 10.4. The van der Waals surface area contributed by atoms with E-state index >= 15 is 0 Å². The first-order chi connectivity index (χ1) is 18.1. The largest absolute Gasteiger partial charge is 0.493 e. The molecule has 2 aliphatic rings. The summed E-state index contributed by atoms with van der Waals surface area (Å²) in [6.07, 6.45) is 7.03. The number of nitrogens with zero attached hydrogens (tertiary/aromatic N) is 2. The van der Waals surface area contributed by atoms with E-state index in [1.165, 1.54) is 0 Å². The van der Waals surface area contributed by atoms with Crippen molar-refractivity contribution in [2.45, 2.75) is 65.3 Å². The number of hydrogen-bond donors (Lipinski definition) is 2. The number of aliphatic hydroxyl groups is 1. The van der Waals surface area contributed by atoms with Gasteiger partial charge >= 0.3 is 5.97 Å². The molecule has 1 saturated heterocycles. The average molecular weight is 533 g/mol. The highest BCUT2D eigenvalue weighted by Gasteiger charge is 2.49. The molecule has 9 heteroatoms. The zero-order valence-electron chi connectivity index (χ0n) is 23.4. The molecular weight excluding hydrogens is 488 g/mol. The van der Waals surface area contributed by atoms with Gasteiger partial charge in [0.15, 0.2) is 11.5 Å². The molecule has 0 unspecified atom stereocenters. The van der Waals surface area contributed by atoms with E-state index in [2.05, 4.69) is 26.8 Å². The molecule has 212 valence electrons. The standard InChI is InChI=1S/C29H44N2O7/c1-6-8-11-30(12-9-13-32)25(33)18-31-17-21(20-14-23(36-5)27-24(15-20)37-19-38-27)26(28(34)35)22(31)16-29(3,4)10-7-2/h7,10,14-15,21-22,26,32H,6,8-9,11-13,16-19H2,1-5H3,(H,34,35)/b10-7+/t21-,22+,26-/m1/s1. The molecule has 3 rings (SSSR count). The maximum Gasteiger partial charge on any atom is 0.308 e. The summed E-state index contributed by atoms with van der Waals surface area (Å²) < 4.78 is 16.7. The first-order valence-electron chi connectivity index (χ1n) is 13.6. The zero-order valence-corrected chi connectivity index (χ0v) is 23.4. The fourth-order valence-electron chi connectivity index (χ4n) is 5.75. The molecule has 1 aromatic carbocycles. The fraction of sp³-hybridized carbons (Fsp3) is 0.655. The highest BCUT2D eigenvalue weighted by Crippen LogP contribution is 2.48. The van der Waals surface area contributed by atoms with Crippen molar-refractivity contribution in [3.63, 3.8) is 0 Å². The average Bonchev–Trinajstić information content (AvgIpc) is 3.48. The molecule has 0 saturated carbocycles. The maximum atomic E-state index is 13.5. The van der Waals surface area contributed by atoms with Gasteiger partial charge in [-0.05, 0) is 49.3 Å². The molecule has 0 spiro atoms. The number of ether oxygens (including phenoxy) is 3.